The number of carboxylic acids is 1. The summed E-state index contributed by atoms with van der Waals surface area (Å²) in [5, 5.41) is 11.3. The highest BCUT2D eigenvalue weighted by atomic mass is 35.5. The van der Waals surface area contributed by atoms with Gasteiger partial charge in [0, 0.05) is 15.3 Å². The number of carbonyl (C=O) groups excluding carboxylic acids is 1. The van der Waals surface area contributed by atoms with Crippen LogP contribution < -0.4 is 4.31 Å². The molecule has 2 aromatic carbocycles. The maximum Gasteiger partial charge on any atom is 0.309 e. The van der Waals surface area contributed by atoms with Crippen LogP contribution in [0.25, 0.3) is 0 Å². The molecule has 0 spiro atoms. The van der Waals surface area contributed by atoms with Gasteiger partial charge in [0.25, 0.3) is 5.91 Å². The summed E-state index contributed by atoms with van der Waals surface area (Å²) in [7, 11) is 0. The van der Waals surface area contributed by atoms with Crippen LogP contribution in [0.15, 0.2) is 71.8 Å². The van der Waals surface area contributed by atoms with E-state index in [0.717, 1.165) is 18.4 Å². The fraction of sp³-hybridized carbons (Fsp3) is 0.438. The number of hydrogen-bond acceptors (Lipinski definition) is 5. The zero-order chi connectivity index (χ0) is 30.4. The quantitative estimate of drug-likeness (QED) is 0.178. The van der Waals surface area contributed by atoms with E-state index in [1.807, 2.05) is 42.4 Å². The number of para-hydroxylation sites is 1. The Hall–Kier alpha value is -2.52. The minimum atomic E-state index is -1.20. The van der Waals surface area contributed by atoms with Gasteiger partial charge in [0.2, 0.25) is 0 Å². The van der Waals surface area contributed by atoms with Crippen molar-refractivity contribution in [3.8, 4) is 0 Å². The number of carbonyl (C=O) groups is 2. The van der Waals surface area contributed by atoms with E-state index in [4.69, 9.17) is 27.9 Å². The molecule has 0 radical (unpaired) electrons. The van der Waals surface area contributed by atoms with Crippen molar-refractivity contribution in [2.75, 3.05) is 10.8 Å². The van der Waals surface area contributed by atoms with Crippen molar-refractivity contribution >= 4 is 52.7 Å². The van der Waals surface area contributed by atoms with Crippen LogP contribution in [-0.4, -0.2) is 51.9 Å². The monoisotopic (exact) mass is 634 g/mol. The third-order valence-electron chi connectivity index (χ3n) is 7.56. The minimum Gasteiger partial charge on any atom is -0.481 e. The summed E-state index contributed by atoms with van der Waals surface area (Å²) in [6.07, 6.45) is 6.61. The Kier molecular flexibility index (Phi) is 11.4. The molecule has 10 heteroatoms. The lowest BCUT2D eigenvalue weighted by molar-refractivity contribution is -0.188. The standard InChI is InChI=1S/C32H37Cl2FN2O4S/c1-4-8-22(33)15-18-28-29(21-11-13-23(34)14-12-21)37(31(38)30(41-28)20(3)32(39)40)24(5-2)19-36(42-25-16-17-25)27-10-7-6-9-26(27)35/h4,6-15,20,24-25,28-30H,5,16-19H2,1-3H3,(H,39,40). The van der Waals surface area contributed by atoms with Gasteiger partial charge in [-0.25, -0.2) is 4.39 Å². The van der Waals surface area contributed by atoms with E-state index >= 15 is 4.39 Å². The largest absolute Gasteiger partial charge is 0.481 e. The van der Waals surface area contributed by atoms with E-state index in [-0.39, 0.29) is 11.9 Å². The first-order valence-corrected chi connectivity index (χ1v) is 15.9. The summed E-state index contributed by atoms with van der Waals surface area (Å²) in [5.41, 5.74) is 1.27. The second kappa shape index (κ2) is 14.8. The molecule has 2 aliphatic rings. The first-order chi connectivity index (χ1) is 20.1. The van der Waals surface area contributed by atoms with E-state index < -0.39 is 36.0 Å². The number of aliphatic carboxylic acids is 1. The smallest absolute Gasteiger partial charge is 0.309 e. The molecule has 0 bridgehead atoms. The van der Waals surface area contributed by atoms with Crippen LogP contribution in [-0.2, 0) is 14.3 Å². The Bertz CT molecular complexity index is 1300. The summed E-state index contributed by atoms with van der Waals surface area (Å²) in [5.74, 6) is -2.93. The maximum atomic E-state index is 15.1. The number of anilines is 1. The number of rotatable bonds is 13. The molecule has 1 heterocycles. The molecule has 5 unspecified atom stereocenters. The zero-order valence-corrected chi connectivity index (χ0v) is 26.3. The molecule has 2 fully saturated rings. The van der Waals surface area contributed by atoms with Gasteiger partial charge in [0.1, 0.15) is 11.9 Å². The second-order valence-electron chi connectivity index (χ2n) is 10.7. The van der Waals surface area contributed by atoms with Crippen molar-refractivity contribution < 1.29 is 23.8 Å². The topological polar surface area (TPSA) is 70.1 Å². The highest BCUT2D eigenvalue weighted by Gasteiger charge is 2.49. The number of allylic oxidation sites excluding steroid dienone is 3. The Labute approximate surface area is 261 Å². The van der Waals surface area contributed by atoms with E-state index in [0.29, 0.717) is 40.4 Å². The number of nitrogens with zero attached hydrogens (tertiary/aromatic N) is 2. The first-order valence-electron chi connectivity index (χ1n) is 14.3. The van der Waals surface area contributed by atoms with Crippen LogP contribution in [0.5, 0.6) is 0 Å². The molecule has 1 aliphatic heterocycles. The van der Waals surface area contributed by atoms with Crippen molar-refractivity contribution in [3.63, 3.8) is 0 Å². The molecular formula is C32H37Cl2FN2O4S. The Balaban J connectivity index is 1.80. The highest BCUT2D eigenvalue weighted by Crippen LogP contribution is 2.42. The number of halogens is 3. The number of amides is 1. The number of morpholine rings is 1. The third kappa shape index (κ3) is 7.90. The van der Waals surface area contributed by atoms with Gasteiger partial charge >= 0.3 is 5.97 Å². The fourth-order valence-corrected chi connectivity index (χ4v) is 6.71. The molecule has 42 heavy (non-hydrogen) atoms. The van der Waals surface area contributed by atoms with Gasteiger partial charge in [-0.05, 0) is 87.4 Å². The normalized spacial score (nSPS) is 22.8. The van der Waals surface area contributed by atoms with Gasteiger partial charge in [-0.15, -0.1) is 0 Å². The van der Waals surface area contributed by atoms with Gasteiger partial charge in [-0.3, -0.25) is 9.59 Å². The summed E-state index contributed by atoms with van der Waals surface area (Å²) < 4.78 is 23.4. The molecule has 1 amide bonds. The lowest BCUT2D eigenvalue weighted by atomic mass is 9.89. The number of carboxylic acid groups (broad SMARTS) is 1. The number of benzene rings is 2. The number of ether oxygens (including phenoxy) is 1. The molecule has 1 N–H and O–H groups in total. The van der Waals surface area contributed by atoms with Crippen LogP contribution in [0.3, 0.4) is 0 Å². The van der Waals surface area contributed by atoms with Gasteiger partial charge in [0.15, 0.2) is 0 Å². The molecule has 2 aromatic rings. The van der Waals surface area contributed by atoms with Crippen LogP contribution in [0.1, 0.15) is 58.1 Å². The van der Waals surface area contributed by atoms with E-state index in [1.54, 1.807) is 53.3 Å². The molecule has 5 atom stereocenters. The molecule has 1 saturated carbocycles. The Morgan fingerprint density at radius 1 is 1.24 bits per heavy atom. The van der Waals surface area contributed by atoms with Crippen molar-refractivity contribution in [2.24, 2.45) is 5.92 Å². The van der Waals surface area contributed by atoms with Gasteiger partial charge < -0.3 is 19.0 Å². The predicted octanol–water partition coefficient (Wildman–Crippen LogP) is 8.02. The molecule has 4 rings (SSSR count). The van der Waals surface area contributed by atoms with E-state index in [9.17, 15) is 14.7 Å². The third-order valence-corrected chi connectivity index (χ3v) is 9.46. The molecule has 226 valence electrons. The molecule has 1 aliphatic carbocycles. The summed E-state index contributed by atoms with van der Waals surface area (Å²) >= 11 is 14.2. The summed E-state index contributed by atoms with van der Waals surface area (Å²) in [6, 6.07) is 13.0. The summed E-state index contributed by atoms with van der Waals surface area (Å²) in [6.45, 7) is 5.69. The van der Waals surface area contributed by atoms with Crippen LogP contribution in [0.2, 0.25) is 5.02 Å². The first kappa shape index (κ1) is 32.4. The lowest BCUT2D eigenvalue weighted by Crippen LogP contribution is -2.61. The van der Waals surface area contributed by atoms with E-state index in [1.165, 1.54) is 13.0 Å². The number of hydrogen-bond donors (Lipinski definition) is 1. The van der Waals surface area contributed by atoms with Crippen LogP contribution in [0, 0.1) is 11.7 Å². The Morgan fingerprint density at radius 3 is 2.52 bits per heavy atom. The van der Waals surface area contributed by atoms with E-state index in [2.05, 4.69) is 0 Å². The Morgan fingerprint density at radius 2 is 1.93 bits per heavy atom. The zero-order valence-electron chi connectivity index (χ0n) is 24.0. The van der Waals surface area contributed by atoms with Crippen molar-refractivity contribution in [2.45, 2.75) is 76.0 Å². The minimum absolute atomic E-state index is 0.331. The lowest BCUT2D eigenvalue weighted by Gasteiger charge is -2.49. The van der Waals surface area contributed by atoms with Gasteiger partial charge in [0.05, 0.1) is 36.3 Å². The average Bonchev–Trinajstić information content (AvgIpc) is 3.79. The SMILES string of the molecule is CC=CC(Cl)=CCC1OC(C(C)C(=O)O)C(=O)N(C(CC)CN(SC2CC2)c2ccccc2F)C1c1ccc(Cl)cc1. The molecule has 0 aromatic heterocycles. The maximum absolute atomic E-state index is 15.1. The van der Waals surface area contributed by atoms with Crippen LogP contribution >= 0.6 is 35.1 Å². The van der Waals surface area contributed by atoms with Crippen LogP contribution in [0.4, 0.5) is 10.1 Å². The second-order valence-corrected chi connectivity index (χ2v) is 12.9. The van der Waals surface area contributed by atoms with Crippen molar-refractivity contribution in [1.82, 2.24) is 4.90 Å². The molecular weight excluding hydrogens is 598 g/mol. The molecule has 1 saturated heterocycles. The highest BCUT2D eigenvalue weighted by molar-refractivity contribution is 8.01. The fourth-order valence-electron chi connectivity index (χ4n) is 5.14. The predicted molar refractivity (Wildman–Crippen MR) is 168 cm³/mol. The van der Waals surface area contributed by atoms with Gasteiger partial charge in [-0.2, -0.15) is 0 Å². The average molecular weight is 636 g/mol. The van der Waals surface area contributed by atoms with Crippen molar-refractivity contribution in [3.05, 3.63) is 88.2 Å². The molecule has 6 nitrogen and oxygen atoms in total. The van der Waals surface area contributed by atoms with Crippen molar-refractivity contribution in [1.29, 1.82) is 0 Å². The summed E-state index contributed by atoms with van der Waals surface area (Å²) in [4.78, 5) is 28.2. The van der Waals surface area contributed by atoms with Gasteiger partial charge in [-0.1, -0.05) is 66.5 Å².